The third kappa shape index (κ3) is 2.73. The largest absolute Gasteiger partial charge is 0.316 e. The van der Waals surface area contributed by atoms with Crippen LogP contribution in [0.4, 0.5) is 0 Å². The Kier molecular flexibility index (Phi) is 4.22. The number of rotatable bonds is 3. The quantitative estimate of drug-likeness (QED) is 0.821. The summed E-state index contributed by atoms with van der Waals surface area (Å²) in [6.07, 6.45) is 8.53. The van der Waals surface area contributed by atoms with Gasteiger partial charge in [-0.25, -0.2) is 0 Å². The van der Waals surface area contributed by atoms with Crippen LogP contribution in [0.1, 0.15) is 38.5 Å². The van der Waals surface area contributed by atoms with E-state index in [1.807, 2.05) is 0 Å². The van der Waals surface area contributed by atoms with Crippen molar-refractivity contribution in [3.05, 3.63) is 0 Å². The van der Waals surface area contributed by atoms with E-state index in [1.165, 1.54) is 71.2 Å². The van der Waals surface area contributed by atoms with E-state index in [-0.39, 0.29) is 0 Å². The molecule has 3 fully saturated rings. The van der Waals surface area contributed by atoms with Gasteiger partial charge in [-0.3, -0.25) is 4.90 Å². The Labute approximate surface area is 112 Å². The van der Waals surface area contributed by atoms with E-state index in [0.29, 0.717) is 0 Å². The Hall–Kier alpha value is -0.120. The fraction of sp³-hybridized carbons (Fsp3) is 1.00. The maximum atomic E-state index is 3.55. The summed E-state index contributed by atoms with van der Waals surface area (Å²) in [5.74, 6) is 0.890. The number of hydrogen-bond acceptors (Lipinski definition) is 3. The first kappa shape index (κ1) is 12.9. The zero-order chi connectivity index (χ0) is 12.4. The smallest absolute Gasteiger partial charge is 0.0260 e. The van der Waals surface area contributed by atoms with Crippen LogP contribution in [0.3, 0.4) is 0 Å². The predicted molar refractivity (Wildman–Crippen MR) is 75.8 cm³/mol. The third-order valence-corrected chi connectivity index (χ3v) is 5.33. The predicted octanol–water partition coefficient (Wildman–Crippen LogP) is 1.54. The second-order valence-electron chi connectivity index (χ2n) is 6.61. The topological polar surface area (TPSA) is 18.5 Å². The van der Waals surface area contributed by atoms with Gasteiger partial charge >= 0.3 is 0 Å². The van der Waals surface area contributed by atoms with Crippen LogP contribution in [-0.2, 0) is 0 Å². The molecule has 0 spiro atoms. The standard InChI is InChI=1S/C15H29N3/c1-17(12-13-5-4-8-16-11-13)14-7-10-18-9-3-2-6-15(14)18/h13-16H,2-12H2,1H3. The number of likely N-dealkylation sites (N-methyl/N-ethyl adjacent to an activating group) is 1. The Bertz CT molecular complexity index is 262. The average Bonchev–Trinajstić information content (AvgIpc) is 2.84. The summed E-state index contributed by atoms with van der Waals surface area (Å²) in [4.78, 5) is 5.44. The molecule has 3 heteroatoms. The first-order valence-corrected chi connectivity index (χ1v) is 7.99. The van der Waals surface area contributed by atoms with Crippen molar-refractivity contribution < 1.29 is 0 Å². The molecule has 3 nitrogen and oxygen atoms in total. The van der Waals surface area contributed by atoms with E-state index < -0.39 is 0 Å². The molecule has 18 heavy (non-hydrogen) atoms. The molecule has 104 valence electrons. The fourth-order valence-electron chi connectivity index (χ4n) is 4.36. The lowest BCUT2D eigenvalue weighted by Crippen LogP contribution is -2.48. The van der Waals surface area contributed by atoms with E-state index in [9.17, 15) is 0 Å². The van der Waals surface area contributed by atoms with Gasteiger partial charge in [-0.15, -0.1) is 0 Å². The van der Waals surface area contributed by atoms with Gasteiger partial charge < -0.3 is 10.2 Å². The van der Waals surface area contributed by atoms with Crippen molar-refractivity contribution >= 4 is 0 Å². The van der Waals surface area contributed by atoms with E-state index in [1.54, 1.807) is 0 Å². The number of fused-ring (bicyclic) bond motifs is 1. The third-order valence-electron chi connectivity index (χ3n) is 5.33. The second kappa shape index (κ2) is 5.89. The monoisotopic (exact) mass is 251 g/mol. The molecular weight excluding hydrogens is 222 g/mol. The highest BCUT2D eigenvalue weighted by atomic mass is 15.3. The maximum Gasteiger partial charge on any atom is 0.0260 e. The summed E-state index contributed by atoms with van der Waals surface area (Å²) in [5, 5.41) is 3.55. The van der Waals surface area contributed by atoms with Crippen molar-refractivity contribution in [3.8, 4) is 0 Å². The summed E-state index contributed by atoms with van der Waals surface area (Å²) in [5.41, 5.74) is 0. The summed E-state index contributed by atoms with van der Waals surface area (Å²) in [7, 11) is 2.37. The molecule has 0 aromatic heterocycles. The molecule has 3 aliphatic rings. The molecule has 0 amide bonds. The van der Waals surface area contributed by atoms with Gasteiger partial charge in [-0.2, -0.15) is 0 Å². The molecule has 1 N–H and O–H groups in total. The first-order chi connectivity index (χ1) is 8.84. The SMILES string of the molecule is CN(CC1CCCNC1)C1CCN2CCCCC12. The van der Waals surface area contributed by atoms with E-state index in [4.69, 9.17) is 0 Å². The van der Waals surface area contributed by atoms with Crippen molar-refractivity contribution in [1.29, 1.82) is 0 Å². The lowest BCUT2D eigenvalue weighted by Gasteiger charge is -2.38. The molecule has 0 aliphatic carbocycles. The van der Waals surface area contributed by atoms with E-state index >= 15 is 0 Å². The lowest BCUT2D eigenvalue weighted by atomic mass is 9.95. The highest BCUT2D eigenvalue weighted by Crippen LogP contribution is 2.30. The van der Waals surface area contributed by atoms with Crippen molar-refractivity contribution in [2.75, 3.05) is 39.8 Å². The van der Waals surface area contributed by atoms with Crippen LogP contribution in [0.5, 0.6) is 0 Å². The molecule has 3 saturated heterocycles. The van der Waals surface area contributed by atoms with Crippen LogP contribution in [0.25, 0.3) is 0 Å². The Morgan fingerprint density at radius 1 is 1.11 bits per heavy atom. The van der Waals surface area contributed by atoms with Crippen LogP contribution >= 0.6 is 0 Å². The maximum absolute atomic E-state index is 3.55. The molecule has 3 rings (SSSR count). The zero-order valence-corrected chi connectivity index (χ0v) is 11.9. The second-order valence-corrected chi connectivity index (χ2v) is 6.61. The highest BCUT2D eigenvalue weighted by Gasteiger charge is 2.37. The van der Waals surface area contributed by atoms with Crippen LogP contribution in [0, 0.1) is 5.92 Å². The van der Waals surface area contributed by atoms with Crippen molar-refractivity contribution in [2.24, 2.45) is 5.92 Å². The van der Waals surface area contributed by atoms with E-state index in [2.05, 4.69) is 22.2 Å². The van der Waals surface area contributed by atoms with Gasteiger partial charge in [0, 0.05) is 25.2 Å². The first-order valence-electron chi connectivity index (χ1n) is 7.99. The summed E-state index contributed by atoms with van der Waals surface area (Å²) in [6.45, 7) is 6.50. The minimum absolute atomic E-state index is 0.840. The zero-order valence-electron chi connectivity index (χ0n) is 11.9. The molecule has 0 aromatic carbocycles. The summed E-state index contributed by atoms with van der Waals surface area (Å²) in [6, 6.07) is 1.72. The van der Waals surface area contributed by atoms with E-state index in [0.717, 1.165) is 18.0 Å². The van der Waals surface area contributed by atoms with Crippen LogP contribution in [0.2, 0.25) is 0 Å². The molecule has 0 radical (unpaired) electrons. The van der Waals surface area contributed by atoms with Gasteiger partial charge in [-0.05, 0) is 64.7 Å². The van der Waals surface area contributed by atoms with Gasteiger partial charge in [0.1, 0.15) is 0 Å². The molecule has 0 bridgehead atoms. The van der Waals surface area contributed by atoms with Gasteiger partial charge in [0.2, 0.25) is 0 Å². The Morgan fingerprint density at radius 2 is 2.06 bits per heavy atom. The van der Waals surface area contributed by atoms with Gasteiger partial charge in [0.05, 0.1) is 0 Å². The number of nitrogens with zero attached hydrogens (tertiary/aromatic N) is 2. The molecule has 0 saturated carbocycles. The fourth-order valence-corrected chi connectivity index (χ4v) is 4.36. The van der Waals surface area contributed by atoms with Gasteiger partial charge in [-0.1, -0.05) is 6.42 Å². The molecule has 3 unspecified atom stereocenters. The van der Waals surface area contributed by atoms with Crippen LogP contribution in [-0.4, -0.2) is 61.7 Å². The number of hydrogen-bond donors (Lipinski definition) is 1. The number of nitrogens with one attached hydrogen (secondary N) is 1. The van der Waals surface area contributed by atoms with Crippen molar-refractivity contribution in [3.63, 3.8) is 0 Å². The average molecular weight is 251 g/mol. The number of piperidine rings is 2. The summed E-state index contributed by atoms with van der Waals surface area (Å²) < 4.78 is 0. The van der Waals surface area contributed by atoms with Gasteiger partial charge in [0.15, 0.2) is 0 Å². The molecule has 3 atom stereocenters. The Morgan fingerprint density at radius 3 is 2.89 bits per heavy atom. The van der Waals surface area contributed by atoms with Crippen molar-refractivity contribution in [1.82, 2.24) is 15.1 Å². The summed E-state index contributed by atoms with van der Waals surface area (Å²) >= 11 is 0. The van der Waals surface area contributed by atoms with Crippen molar-refractivity contribution in [2.45, 2.75) is 50.6 Å². The normalized spacial score (nSPS) is 38.0. The minimum Gasteiger partial charge on any atom is -0.316 e. The molecule has 3 aliphatic heterocycles. The van der Waals surface area contributed by atoms with Gasteiger partial charge in [0.25, 0.3) is 0 Å². The molecule has 0 aromatic rings. The Balaban J connectivity index is 1.53. The molecular formula is C15H29N3. The van der Waals surface area contributed by atoms with Crippen LogP contribution in [0.15, 0.2) is 0 Å². The van der Waals surface area contributed by atoms with Crippen LogP contribution < -0.4 is 5.32 Å². The molecule has 3 heterocycles. The lowest BCUT2D eigenvalue weighted by molar-refractivity contribution is 0.116. The minimum atomic E-state index is 0.840. The highest BCUT2D eigenvalue weighted by molar-refractivity contribution is 4.95.